The number of hydrogen-bond acceptors (Lipinski definition) is 3. The first-order valence-electron chi connectivity index (χ1n) is 10.3. The van der Waals surface area contributed by atoms with Gasteiger partial charge in [-0.05, 0) is 43.4 Å². The van der Waals surface area contributed by atoms with Crippen LogP contribution in [0.4, 0.5) is 24.5 Å². The van der Waals surface area contributed by atoms with E-state index >= 15 is 0 Å². The monoisotopic (exact) mass is 409 g/mol. The molecule has 1 saturated carbocycles. The SMILES string of the molecule is O=C1CC(C(F)(F)F)N(C(=O)CN2CCC3CCCCC3C2)c2ccccc2N1. The Kier molecular flexibility index (Phi) is 5.55. The number of carbonyl (C=O) groups is 2. The van der Waals surface area contributed by atoms with Gasteiger partial charge in [-0.1, -0.05) is 31.4 Å². The number of nitrogens with zero attached hydrogens (tertiary/aromatic N) is 2. The zero-order valence-corrected chi connectivity index (χ0v) is 16.3. The average molecular weight is 409 g/mol. The molecule has 8 heteroatoms. The van der Waals surface area contributed by atoms with Crippen molar-refractivity contribution < 1.29 is 22.8 Å². The summed E-state index contributed by atoms with van der Waals surface area (Å²) < 4.78 is 41.4. The Labute approximate surface area is 168 Å². The number of alkyl halides is 3. The first-order chi connectivity index (χ1) is 13.8. The van der Waals surface area contributed by atoms with Crippen LogP contribution in [0.2, 0.25) is 0 Å². The predicted octanol–water partition coefficient (Wildman–Crippen LogP) is 3.80. The molecule has 2 fully saturated rings. The lowest BCUT2D eigenvalue weighted by atomic mass is 9.75. The molecule has 3 unspecified atom stereocenters. The highest BCUT2D eigenvalue weighted by Gasteiger charge is 2.49. The topological polar surface area (TPSA) is 52.7 Å². The highest BCUT2D eigenvalue weighted by atomic mass is 19.4. The fourth-order valence-electron chi connectivity index (χ4n) is 5.08. The Balaban J connectivity index is 1.58. The van der Waals surface area contributed by atoms with Gasteiger partial charge in [0.05, 0.1) is 24.3 Å². The fraction of sp³-hybridized carbons (Fsp3) is 0.619. The van der Waals surface area contributed by atoms with E-state index in [9.17, 15) is 22.8 Å². The molecule has 2 aliphatic heterocycles. The van der Waals surface area contributed by atoms with Gasteiger partial charge in [0.2, 0.25) is 11.8 Å². The van der Waals surface area contributed by atoms with E-state index in [-0.39, 0.29) is 17.9 Å². The molecule has 1 aromatic carbocycles. The van der Waals surface area contributed by atoms with Crippen molar-refractivity contribution in [1.29, 1.82) is 0 Å². The number of benzene rings is 1. The number of carbonyl (C=O) groups excluding carboxylic acids is 2. The van der Waals surface area contributed by atoms with Crippen LogP contribution in [0.15, 0.2) is 24.3 Å². The van der Waals surface area contributed by atoms with Crippen LogP contribution in [0.5, 0.6) is 0 Å². The third kappa shape index (κ3) is 4.27. The van der Waals surface area contributed by atoms with Crippen molar-refractivity contribution in [3.63, 3.8) is 0 Å². The highest BCUT2D eigenvalue weighted by molar-refractivity contribution is 6.05. The van der Waals surface area contributed by atoms with E-state index in [0.29, 0.717) is 11.8 Å². The molecular weight excluding hydrogens is 383 g/mol. The molecule has 29 heavy (non-hydrogen) atoms. The van der Waals surface area contributed by atoms with Crippen LogP contribution < -0.4 is 10.2 Å². The van der Waals surface area contributed by atoms with Crippen molar-refractivity contribution in [2.75, 3.05) is 29.9 Å². The van der Waals surface area contributed by atoms with Gasteiger partial charge < -0.3 is 5.32 Å². The second kappa shape index (κ2) is 7.97. The highest BCUT2D eigenvalue weighted by Crippen LogP contribution is 2.39. The Bertz CT molecular complexity index is 783. The molecule has 1 N–H and O–H groups in total. The molecule has 2 heterocycles. The van der Waals surface area contributed by atoms with E-state index in [1.54, 1.807) is 12.1 Å². The number of anilines is 2. The van der Waals surface area contributed by atoms with Crippen molar-refractivity contribution in [3.05, 3.63) is 24.3 Å². The smallest absolute Gasteiger partial charge is 0.324 e. The van der Waals surface area contributed by atoms with Gasteiger partial charge in [-0.25, -0.2) is 0 Å². The van der Waals surface area contributed by atoms with Gasteiger partial charge in [-0.15, -0.1) is 0 Å². The van der Waals surface area contributed by atoms with Crippen molar-refractivity contribution in [3.8, 4) is 0 Å². The number of nitrogens with one attached hydrogen (secondary N) is 1. The lowest BCUT2D eigenvalue weighted by molar-refractivity contribution is -0.158. The molecule has 0 spiro atoms. The maximum atomic E-state index is 13.8. The Morgan fingerprint density at radius 1 is 1.10 bits per heavy atom. The minimum atomic E-state index is -4.69. The number of hydrogen-bond donors (Lipinski definition) is 1. The molecule has 0 radical (unpaired) electrons. The van der Waals surface area contributed by atoms with Gasteiger partial charge in [-0.2, -0.15) is 13.2 Å². The van der Waals surface area contributed by atoms with Crippen molar-refractivity contribution >= 4 is 23.2 Å². The van der Waals surface area contributed by atoms with Gasteiger partial charge in [0.1, 0.15) is 6.04 Å². The minimum Gasteiger partial charge on any atom is -0.324 e. The van der Waals surface area contributed by atoms with Crippen molar-refractivity contribution in [2.24, 2.45) is 11.8 Å². The number of halogens is 3. The molecular formula is C21H26F3N3O2. The quantitative estimate of drug-likeness (QED) is 0.808. The summed E-state index contributed by atoms with van der Waals surface area (Å²) in [5, 5.41) is 2.50. The average Bonchev–Trinajstić information content (AvgIpc) is 2.83. The molecule has 0 bridgehead atoms. The summed E-state index contributed by atoms with van der Waals surface area (Å²) in [5.74, 6) is -0.134. The number of likely N-dealkylation sites (tertiary alicyclic amines) is 1. The van der Waals surface area contributed by atoms with Crippen LogP contribution in [0, 0.1) is 11.8 Å². The van der Waals surface area contributed by atoms with Gasteiger partial charge in [-0.3, -0.25) is 19.4 Å². The van der Waals surface area contributed by atoms with Crippen molar-refractivity contribution in [1.82, 2.24) is 4.90 Å². The second-order valence-electron chi connectivity index (χ2n) is 8.42. The summed E-state index contributed by atoms with van der Waals surface area (Å²) in [5.41, 5.74) is 0.349. The third-order valence-corrected chi connectivity index (χ3v) is 6.51. The molecule has 1 aromatic rings. The summed E-state index contributed by atoms with van der Waals surface area (Å²) >= 11 is 0. The summed E-state index contributed by atoms with van der Waals surface area (Å²) in [6.07, 6.45) is 0.291. The molecule has 1 aliphatic carbocycles. The van der Waals surface area contributed by atoms with Crippen LogP contribution in [-0.2, 0) is 9.59 Å². The van der Waals surface area contributed by atoms with Gasteiger partial charge in [0.25, 0.3) is 0 Å². The maximum Gasteiger partial charge on any atom is 0.409 e. The molecule has 4 rings (SSSR count). The van der Waals surface area contributed by atoms with Crippen LogP contribution in [0.3, 0.4) is 0 Å². The molecule has 5 nitrogen and oxygen atoms in total. The second-order valence-corrected chi connectivity index (χ2v) is 8.42. The van der Waals surface area contributed by atoms with E-state index < -0.39 is 30.5 Å². The van der Waals surface area contributed by atoms with E-state index in [4.69, 9.17) is 0 Å². The largest absolute Gasteiger partial charge is 0.409 e. The van der Waals surface area contributed by atoms with E-state index in [1.807, 2.05) is 4.90 Å². The van der Waals surface area contributed by atoms with E-state index in [0.717, 1.165) is 30.8 Å². The number of amides is 2. The molecule has 3 aliphatic rings. The van der Waals surface area contributed by atoms with Gasteiger partial charge in [0, 0.05) is 6.54 Å². The molecule has 158 valence electrons. The third-order valence-electron chi connectivity index (χ3n) is 6.51. The minimum absolute atomic E-state index is 0.0572. The Morgan fingerprint density at radius 3 is 2.59 bits per heavy atom. The lowest BCUT2D eigenvalue weighted by Crippen LogP contribution is -2.54. The summed E-state index contributed by atoms with van der Waals surface area (Å²) in [6.45, 7) is 1.44. The van der Waals surface area contributed by atoms with Crippen molar-refractivity contribution in [2.45, 2.75) is 50.7 Å². The predicted molar refractivity (Wildman–Crippen MR) is 104 cm³/mol. The normalized spacial score (nSPS) is 28.2. The summed E-state index contributed by atoms with van der Waals surface area (Å²) in [4.78, 5) is 28.0. The van der Waals surface area contributed by atoms with Crippen LogP contribution in [0.1, 0.15) is 38.5 Å². The summed E-state index contributed by atoms with van der Waals surface area (Å²) in [6, 6.07) is 4.04. The van der Waals surface area contributed by atoms with E-state index in [1.165, 1.54) is 31.4 Å². The van der Waals surface area contributed by atoms with Crippen LogP contribution in [0.25, 0.3) is 0 Å². The number of fused-ring (bicyclic) bond motifs is 2. The van der Waals surface area contributed by atoms with Crippen LogP contribution >= 0.6 is 0 Å². The van der Waals surface area contributed by atoms with Crippen LogP contribution in [-0.4, -0.2) is 48.6 Å². The fourth-order valence-corrected chi connectivity index (χ4v) is 5.08. The lowest BCUT2D eigenvalue weighted by Gasteiger charge is -2.42. The number of rotatable bonds is 2. The Hall–Kier alpha value is -2.09. The van der Waals surface area contributed by atoms with Gasteiger partial charge in [0.15, 0.2) is 0 Å². The zero-order chi connectivity index (χ0) is 20.6. The standard InChI is InChI=1S/C21H26F3N3O2/c22-21(23,24)18-11-19(28)25-16-7-3-4-8-17(16)27(18)20(29)13-26-10-9-14-5-1-2-6-15(14)12-26/h3-4,7-8,14-15,18H,1-2,5-6,9-13H2,(H,25,28). The summed E-state index contributed by atoms with van der Waals surface area (Å²) in [7, 11) is 0. The van der Waals surface area contributed by atoms with E-state index in [2.05, 4.69) is 5.32 Å². The molecule has 0 aromatic heterocycles. The molecule has 3 atom stereocenters. The van der Waals surface area contributed by atoms with Gasteiger partial charge >= 0.3 is 6.18 Å². The number of para-hydroxylation sites is 2. The molecule has 2 amide bonds. The maximum absolute atomic E-state index is 13.8. The molecule has 1 saturated heterocycles. The Morgan fingerprint density at radius 2 is 1.83 bits per heavy atom. The first kappa shape index (κ1) is 20.2. The number of piperidine rings is 1. The first-order valence-corrected chi connectivity index (χ1v) is 10.3. The zero-order valence-electron chi connectivity index (χ0n) is 16.3.